The highest BCUT2D eigenvalue weighted by molar-refractivity contribution is 6.29. The number of likely N-dealkylation sites (tertiary alicyclic amines) is 1. The molecule has 4 nitrogen and oxygen atoms in total. The molecule has 1 unspecified atom stereocenters. The van der Waals surface area contributed by atoms with Crippen molar-refractivity contribution in [2.24, 2.45) is 0 Å². The summed E-state index contributed by atoms with van der Waals surface area (Å²) in [5.74, 6) is -0.0839. The van der Waals surface area contributed by atoms with Crippen LogP contribution in [0.3, 0.4) is 0 Å². The van der Waals surface area contributed by atoms with Gasteiger partial charge in [0.15, 0.2) is 0 Å². The number of β-amino-alcohol motifs (C(OH)–C–C–N with tert-alkyl or cyclic N) is 1. The molecule has 1 N–H and O–H groups in total. The minimum absolute atomic E-state index is 0.0839. The Morgan fingerprint density at radius 1 is 1.58 bits per heavy atom. The predicted octanol–water partition coefficient (Wildman–Crippen LogP) is 2.28. The Morgan fingerprint density at radius 3 is 2.89 bits per heavy atom. The third kappa shape index (κ3) is 3.45. The van der Waals surface area contributed by atoms with E-state index in [9.17, 15) is 9.90 Å². The van der Waals surface area contributed by atoms with E-state index in [4.69, 9.17) is 11.6 Å². The van der Waals surface area contributed by atoms with Crippen LogP contribution in [0, 0.1) is 0 Å². The van der Waals surface area contributed by atoms with Crippen LogP contribution in [-0.4, -0.2) is 39.6 Å². The third-order valence-electron chi connectivity index (χ3n) is 3.34. The Bertz CT molecular complexity index is 488. The number of hydrogen-bond acceptors (Lipinski definition) is 3. The van der Waals surface area contributed by atoms with Gasteiger partial charge < -0.3 is 10.0 Å². The van der Waals surface area contributed by atoms with Crippen molar-refractivity contribution in [1.82, 2.24) is 9.88 Å². The number of rotatable bonds is 3. The fourth-order valence-corrected chi connectivity index (χ4v) is 2.59. The number of aryl methyl sites for hydroxylation is 1. The second kappa shape index (κ2) is 5.47. The van der Waals surface area contributed by atoms with Crippen molar-refractivity contribution in [2.45, 2.75) is 38.7 Å². The lowest BCUT2D eigenvalue weighted by molar-refractivity contribution is 0.0572. The third-order valence-corrected chi connectivity index (χ3v) is 3.53. The molecule has 1 saturated heterocycles. The van der Waals surface area contributed by atoms with Gasteiger partial charge in [-0.15, -0.1) is 0 Å². The summed E-state index contributed by atoms with van der Waals surface area (Å²) in [7, 11) is 0. The lowest BCUT2D eigenvalue weighted by Crippen LogP contribution is -2.34. The summed E-state index contributed by atoms with van der Waals surface area (Å²) in [4.78, 5) is 18.2. The summed E-state index contributed by atoms with van der Waals surface area (Å²) in [6, 6.07) is 3.39. The molecule has 1 amide bonds. The average molecular weight is 283 g/mol. The zero-order valence-electron chi connectivity index (χ0n) is 11.3. The molecular weight excluding hydrogens is 264 g/mol. The molecule has 0 spiro atoms. The first-order valence-electron chi connectivity index (χ1n) is 6.59. The molecule has 1 aliphatic rings. The van der Waals surface area contributed by atoms with Gasteiger partial charge in [-0.05, 0) is 31.9 Å². The van der Waals surface area contributed by atoms with Crippen molar-refractivity contribution in [1.29, 1.82) is 0 Å². The van der Waals surface area contributed by atoms with Crippen LogP contribution in [0.15, 0.2) is 12.1 Å². The molecule has 1 aromatic rings. The van der Waals surface area contributed by atoms with Gasteiger partial charge in [0.05, 0.1) is 5.60 Å². The molecule has 0 bridgehead atoms. The van der Waals surface area contributed by atoms with E-state index >= 15 is 0 Å². The van der Waals surface area contributed by atoms with Crippen LogP contribution >= 0.6 is 11.6 Å². The van der Waals surface area contributed by atoms with Gasteiger partial charge in [0.2, 0.25) is 0 Å². The lowest BCUT2D eigenvalue weighted by Gasteiger charge is -2.19. The molecule has 104 valence electrons. The van der Waals surface area contributed by atoms with Gasteiger partial charge in [0, 0.05) is 24.3 Å². The smallest absolute Gasteiger partial charge is 0.254 e. The first-order valence-corrected chi connectivity index (χ1v) is 6.97. The van der Waals surface area contributed by atoms with Gasteiger partial charge in [-0.25, -0.2) is 4.98 Å². The SMILES string of the molecule is CCCc1cc(C(=O)N2CCC(C)(O)C2)cc(Cl)n1. The van der Waals surface area contributed by atoms with Crippen LogP contribution in [-0.2, 0) is 6.42 Å². The monoisotopic (exact) mass is 282 g/mol. The predicted molar refractivity (Wildman–Crippen MR) is 74.4 cm³/mol. The Morgan fingerprint density at radius 2 is 2.32 bits per heavy atom. The summed E-state index contributed by atoms with van der Waals surface area (Å²) in [6.45, 7) is 4.76. The van der Waals surface area contributed by atoms with Gasteiger partial charge in [-0.2, -0.15) is 0 Å². The van der Waals surface area contributed by atoms with E-state index in [1.807, 2.05) is 0 Å². The fourth-order valence-electron chi connectivity index (χ4n) is 2.36. The molecule has 0 saturated carbocycles. The molecule has 19 heavy (non-hydrogen) atoms. The van der Waals surface area contributed by atoms with Crippen molar-refractivity contribution < 1.29 is 9.90 Å². The quantitative estimate of drug-likeness (QED) is 0.866. The van der Waals surface area contributed by atoms with Crippen LogP contribution in [0.25, 0.3) is 0 Å². The van der Waals surface area contributed by atoms with Crippen LogP contribution < -0.4 is 0 Å². The maximum atomic E-state index is 12.4. The fraction of sp³-hybridized carbons (Fsp3) is 0.571. The summed E-state index contributed by atoms with van der Waals surface area (Å²) >= 11 is 5.96. The van der Waals surface area contributed by atoms with E-state index < -0.39 is 5.60 Å². The van der Waals surface area contributed by atoms with Crippen molar-refractivity contribution in [3.8, 4) is 0 Å². The molecule has 2 rings (SSSR count). The van der Waals surface area contributed by atoms with Crippen molar-refractivity contribution in [3.05, 3.63) is 28.5 Å². The van der Waals surface area contributed by atoms with Gasteiger partial charge in [-0.1, -0.05) is 24.9 Å². The number of amides is 1. The highest BCUT2D eigenvalue weighted by Gasteiger charge is 2.34. The standard InChI is InChI=1S/C14H19ClN2O2/c1-3-4-11-7-10(8-12(15)16-11)13(18)17-6-5-14(2,19)9-17/h7-8,19H,3-6,9H2,1-2H3. The molecule has 1 fully saturated rings. The van der Waals surface area contributed by atoms with Crippen LogP contribution in [0.4, 0.5) is 0 Å². The van der Waals surface area contributed by atoms with E-state index in [0.29, 0.717) is 30.2 Å². The number of halogens is 1. The van der Waals surface area contributed by atoms with Crippen molar-refractivity contribution in [3.63, 3.8) is 0 Å². The number of carbonyl (C=O) groups is 1. The van der Waals surface area contributed by atoms with Crippen molar-refractivity contribution in [2.75, 3.05) is 13.1 Å². The van der Waals surface area contributed by atoms with Crippen LogP contribution in [0.2, 0.25) is 5.15 Å². The summed E-state index contributed by atoms with van der Waals surface area (Å²) in [5.41, 5.74) is 0.615. The van der Waals surface area contributed by atoms with Crippen molar-refractivity contribution >= 4 is 17.5 Å². The van der Waals surface area contributed by atoms with E-state index in [2.05, 4.69) is 11.9 Å². The number of carbonyl (C=O) groups excluding carboxylic acids is 1. The highest BCUT2D eigenvalue weighted by Crippen LogP contribution is 2.23. The Labute approximate surface area is 118 Å². The van der Waals surface area contributed by atoms with E-state index in [0.717, 1.165) is 18.5 Å². The number of nitrogens with zero attached hydrogens (tertiary/aromatic N) is 2. The first kappa shape index (κ1) is 14.3. The van der Waals surface area contributed by atoms with Gasteiger partial charge in [-0.3, -0.25) is 4.79 Å². The lowest BCUT2D eigenvalue weighted by atomic mass is 10.1. The Balaban J connectivity index is 2.19. The molecule has 0 aliphatic carbocycles. The average Bonchev–Trinajstić information content (AvgIpc) is 2.68. The molecule has 2 heterocycles. The maximum Gasteiger partial charge on any atom is 0.254 e. The minimum Gasteiger partial charge on any atom is -0.388 e. The summed E-state index contributed by atoms with van der Waals surface area (Å²) < 4.78 is 0. The van der Waals surface area contributed by atoms with Gasteiger partial charge >= 0.3 is 0 Å². The van der Waals surface area contributed by atoms with Gasteiger partial charge in [0.1, 0.15) is 5.15 Å². The topological polar surface area (TPSA) is 53.4 Å². The molecular formula is C14H19ClN2O2. The normalized spacial score (nSPS) is 22.8. The zero-order chi connectivity index (χ0) is 14.0. The molecule has 1 aromatic heterocycles. The second-order valence-corrected chi connectivity index (χ2v) is 5.78. The molecule has 5 heteroatoms. The number of pyridine rings is 1. The molecule has 0 radical (unpaired) electrons. The zero-order valence-corrected chi connectivity index (χ0v) is 12.1. The van der Waals surface area contributed by atoms with Gasteiger partial charge in [0.25, 0.3) is 5.91 Å². The molecule has 1 aliphatic heterocycles. The molecule has 0 aromatic carbocycles. The largest absolute Gasteiger partial charge is 0.388 e. The second-order valence-electron chi connectivity index (χ2n) is 5.39. The van der Waals surface area contributed by atoms with E-state index in [1.165, 1.54) is 0 Å². The van der Waals surface area contributed by atoms with Crippen LogP contribution in [0.5, 0.6) is 0 Å². The number of hydrogen-bond donors (Lipinski definition) is 1. The Kier molecular flexibility index (Phi) is 4.11. The Hall–Kier alpha value is -1.13. The first-order chi connectivity index (χ1) is 8.91. The highest BCUT2D eigenvalue weighted by atomic mass is 35.5. The molecule has 1 atom stereocenters. The minimum atomic E-state index is -0.779. The van der Waals surface area contributed by atoms with E-state index in [1.54, 1.807) is 24.0 Å². The number of aromatic nitrogens is 1. The van der Waals surface area contributed by atoms with E-state index in [-0.39, 0.29) is 5.91 Å². The van der Waals surface area contributed by atoms with Crippen LogP contribution in [0.1, 0.15) is 42.7 Å². The number of aliphatic hydroxyl groups is 1. The summed E-state index contributed by atoms with van der Waals surface area (Å²) in [6.07, 6.45) is 2.37. The summed E-state index contributed by atoms with van der Waals surface area (Å²) in [5, 5.41) is 10.3. The maximum absolute atomic E-state index is 12.4.